The first-order chi connectivity index (χ1) is 12.6. The van der Waals surface area contributed by atoms with E-state index in [9.17, 15) is 0 Å². The maximum atomic E-state index is 5.92. The average Bonchev–Trinajstić information content (AvgIpc) is 2.63. The Morgan fingerprint density at radius 1 is 0.808 bits per heavy atom. The molecule has 2 N–H and O–H groups in total. The summed E-state index contributed by atoms with van der Waals surface area (Å²) in [7, 11) is 0. The first kappa shape index (κ1) is 18.2. The molecule has 0 aliphatic carbocycles. The van der Waals surface area contributed by atoms with E-state index in [2.05, 4.69) is 51.8 Å². The van der Waals surface area contributed by atoms with Crippen LogP contribution in [-0.4, -0.2) is 16.5 Å². The Labute approximate surface area is 159 Å². The van der Waals surface area contributed by atoms with Crippen LogP contribution in [0.15, 0.2) is 54.6 Å². The molecule has 0 amide bonds. The van der Waals surface area contributed by atoms with Gasteiger partial charge in [0.2, 0.25) is 0 Å². The van der Waals surface area contributed by atoms with E-state index >= 15 is 0 Å². The number of aromatic nitrogens is 2. The second-order valence-corrected chi connectivity index (χ2v) is 6.76. The highest BCUT2D eigenvalue weighted by Gasteiger charge is 2.02. The molecule has 0 saturated heterocycles. The summed E-state index contributed by atoms with van der Waals surface area (Å²) >= 11 is 5.92. The van der Waals surface area contributed by atoms with Crippen LogP contribution >= 0.6 is 11.6 Å². The highest BCUT2D eigenvalue weighted by molar-refractivity contribution is 6.30. The maximum absolute atomic E-state index is 5.92. The van der Waals surface area contributed by atoms with Gasteiger partial charge in [-0.05, 0) is 43.5 Å². The topological polar surface area (TPSA) is 49.8 Å². The third-order valence-corrected chi connectivity index (χ3v) is 4.32. The van der Waals surface area contributed by atoms with Gasteiger partial charge < -0.3 is 10.6 Å². The van der Waals surface area contributed by atoms with Crippen molar-refractivity contribution < 1.29 is 0 Å². The third-order valence-electron chi connectivity index (χ3n) is 4.07. The first-order valence-corrected chi connectivity index (χ1v) is 9.10. The van der Waals surface area contributed by atoms with Crippen LogP contribution in [0.25, 0.3) is 0 Å². The largest absolute Gasteiger partial charge is 0.370 e. The molecule has 1 aromatic heterocycles. The van der Waals surface area contributed by atoms with Crippen molar-refractivity contribution in [2.75, 3.05) is 17.2 Å². The summed E-state index contributed by atoms with van der Waals surface area (Å²) in [5, 5.41) is 7.50. The van der Waals surface area contributed by atoms with Gasteiger partial charge in [0.15, 0.2) is 0 Å². The Morgan fingerprint density at radius 2 is 1.42 bits per heavy atom. The molecule has 5 heteroatoms. The maximum Gasteiger partial charge on any atom is 0.132 e. The van der Waals surface area contributed by atoms with Crippen LogP contribution in [0, 0.1) is 13.8 Å². The molecule has 1 heterocycles. The summed E-state index contributed by atoms with van der Waals surface area (Å²) in [6.07, 6.45) is 0.909. The second-order valence-electron chi connectivity index (χ2n) is 6.33. The van der Waals surface area contributed by atoms with E-state index in [1.54, 1.807) is 0 Å². The molecular formula is C21H23ClN4. The number of rotatable bonds is 7. The molecule has 0 atom stereocenters. The smallest absolute Gasteiger partial charge is 0.132 e. The number of nitrogens with zero attached hydrogens (tertiary/aromatic N) is 2. The van der Waals surface area contributed by atoms with Crippen LogP contribution in [0.5, 0.6) is 0 Å². The molecule has 0 saturated carbocycles. The molecule has 3 rings (SSSR count). The predicted octanol–water partition coefficient (Wildman–Crippen LogP) is 5.01. The van der Waals surface area contributed by atoms with E-state index in [1.807, 2.05) is 37.3 Å². The van der Waals surface area contributed by atoms with Crippen molar-refractivity contribution >= 4 is 23.2 Å². The molecule has 2 aromatic carbocycles. The van der Waals surface area contributed by atoms with E-state index in [-0.39, 0.29) is 0 Å². The number of aryl methyl sites for hydroxylation is 2. The summed E-state index contributed by atoms with van der Waals surface area (Å²) in [4.78, 5) is 8.93. The lowest BCUT2D eigenvalue weighted by Crippen LogP contribution is -2.09. The Kier molecular flexibility index (Phi) is 6.08. The Bertz CT molecular complexity index is 845. The number of benzene rings is 2. The summed E-state index contributed by atoms with van der Waals surface area (Å²) in [5.41, 5.74) is 3.73. The fourth-order valence-electron chi connectivity index (χ4n) is 2.63. The van der Waals surface area contributed by atoms with Crippen LogP contribution in [0.2, 0.25) is 5.02 Å². The van der Waals surface area contributed by atoms with Gasteiger partial charge in [-0.15, -0.1) is 0 Å². The highest BCUT2D eigenvalue weighted by Crippen LogP contribution is 2.14. The molecule has 4 nitrogen and oxygen atoms in total. The highest BCUT2D eigenvalue weighted by atomic mass is 35.5. The number of halogens is 1. The Hall–Kier alpha value is -2.59. The first-order valence-electron chi connectivity index (χ1n) is 8.72. The molecule has 0 aliphatic heterocycles. The van der Waals surface area contributed by atoms with Gasteiger partial charge in [0.1, 0.15) is 17.5 Å². The van der Waals surface area contributed by atoms with Gasteiger partial charge in [0.05, 0.1) is 0 Å². The van der Waals surface area contributed by atoms with Crippen LogP contribution in [0.3, 0.4) is 0 Å². The fourth-order valence-corrected chi connectivity index (χ4v) is 2.76. The second kappa shape index (κ2) is 8.68. The van der Waals surface area contributed by atoms with Gasteiger partial charge in [0.25, 0.3) is 0 Å². The molecule has 3 aromatic rings. The summed E-state index contributed by atoms with van der Waals surface area (Å²) in [6, 6.07) is 18.4. The molecule has 0 unspecified atom stereocenters. The van der Waals surface area contributed by atoms with Crippen molar-refractivity contribution in [2.24, 2.45) is 0 Å². The molecule has 0 aliphatic rings. The van der Waals surface area contributed by atoms with Gasteiger partial charge in [-0.25, -0.2) is 9.97 Å². The van der Waals surface area contributed by atoms with Gasteiger partial charge in [-0.2, -0.15) is 0 Å². The van der Waals surface area contributed by atoms with Crippen molar-refractivity contribution in [1.82, 2.24) is 9.97 Å². The minimum atomic E-state index is 0.737. The zero-order valence-corrected chi connectivity index (χ0v) is 15.8. The molecular weight excluding hydrogens is 344 g/mol. The van der Waals surface area contributed by atoms with Crippen molar-refractivity contribution in [3.63, 3.8) is 0 Å². The number of hydrogen-bond donors (Lipinski definition) is 2. The molecule has 0 spiro atoms. The Balaban J connectivity index is 1.56. The standard InChI is InChI=1S/C21H23ClN4/c1-15-3-5-18(6-4-15)14-24-21-13-20(25-16(2)26-21)23-12-11-17-7-9-19(22)10-8-17/h3-10,13H,11-12,14H2,1-2H3,(H2,23,24,25,26). The number of nitrogens with one attached hydrogen (secondary N) is 2. The van der Waals surface area contributed by atoms with Gasteiger partial charge >= 0.3 is 0 Å². The molecule has 134 valence electrons. The molecule has 0 radical (unpaired) electrons. The van der Waals surface area contributed by atoms with Gasteiger partial charge in [-0.1, -0.05) is 53.6 Å². The van der Waals surface area contributed by atoms with Gasteiger partial charge in [0, 0.05) is 24.2 Å². The third kappa shape index (κ3) is 5.46. The molecule has 0 bridgehead atoms. The van der Waals surface area contributed by atoms with Crippen LogP contribution in [-0.2, 0) is 13.0 Å². The summed E-state index contributed by atoms with van der Waals surface area (Å²) in [5.74, 6) is 2.40. The van der Waals surface area contributed by atoms with E-state index in [1.165, 1.54) is 16.7 Å². The molecule has 0 fully saturated rings. The van der Waals surface area contributed by atoms with Crippen molar-refractivity contribution in [2.45, 2.75) is 26.8 Å². The fraction of sp³-hybridized carbons (Fsp3) is 0.238. The van der Waals surface area contributed by atoms with Gasteiger partial charge in [-0.3, -0.25) is 0 Å². The van der Waals surface area contributed by atoms with Crippen molar-refractivity contribution in [3.05, 3.63) is 82.1 Å². The summed E-state index contributed by atoms with van der Waals surface area (Å²) in [6.45, 7) is 5.53. The van der Waals surface area contributed by atoms with E-state index in [0.29, 0.717) is 0 Å². The Morgan fingerprint density at radius 3 is 2.12 bits per heavy atom. The van der Waals surface area contributed by atoms with E-state index < -0.39 is 0 Å². The zero-order chi connectivity index (χ0) is 18.4. The monoisotopic (exact) mass is 366 g/mol. The average molecular weight is 367 g/mol. The van der Waals surface area contributed by atoms with Crippen LogP contribution in [0.1, 0.15) is 22.5 Å². The lowest BCUT2D eigenvalue weighted by molar-refractivity contribution is 0.975. The molecule has 26 heavy (non-hydrogen) atoms. The predicted molar refractivity (Wildman–Crippen MR) is 109 cm³/mol. The number of anilines is 2. The normalized spacial score (nSPS) is 10.6. The quantitative estimate of drug-likeness (QED) is 0.616. The zero-order valence-electron chi connectivity index (χ0n) is 15.1. The van der Waals surface area contributed by atoms with Crippen molar-refractivity contribution in [1.29, 1.82) is 0 Å². The summed E-state index contributed by atoms with van der Waals surface area (Å²) < 4.78 is 0. The van der Waals surface area contributed by atoms with Crippen LogP contribution in [0.4, 0.5) is 11.6 Å². The lowest BCUT2D eigenvalue weighted by Gasteiger charge is -2.10. The van der Waals surface area contributed by atoms with Crippen LogP contribution < -0.4 is 10.6 Å². The SMILES string of the molecule is Cc1ccc(CNc2cc(NCCc3ccc(Cl)cc3)nc(C)n2)cc1. The van der Waals surface area contributed by atoms with Crippen molar-refractivity contribution in [3.8, 4) is 0 Å². The lowest BCUT2D eigenvalue weighted by atomic mass is 10.1. The minimum Gasteiger partial charge on any atom is -0.370 e. The number of hydrogen-bond acceptors (Lipinski definition) is 4. The minimum absolute atomic E-state index is 0.737. The van der Waals surface area contributed by atoms with E-state index in [4.69, 9.17) is 11.6 Å². The van der Waals surface area contributed by atoms with E-state index in [0.717, 1.165) is 42.0 Å².